The SMILES string of the molecule is CCCCCCCCC(O)C=Cc1cccc(C#CCCC(=O)O)n1. The largest absolute Gasteiger partial charge is 0.481 e. The van der Waals surface area contributed by atoms with E-state index in [2.05, 4.69) is 23.7 Å². The van der Waals surface area contributed by atoms with E-state index in [-0.39, 0.29) is 6.42 Å². The van der Waals surface area contributed by atoms with Crippen molar-refractivity contribution >= 4 is 12.0 Å². The van der Waals surface area contributed by atoms with Crippen LogP contribution in [0.25, 0.3) is 6.08 Å². The molecule has 1 atom stereocenters. The summed E-state index contributed by atoms with van der Waals surface area (Å²) in [6.45, 7) is 2.21. The number of nitrogens with zero attached hydrogens (tertiary/aromatic N) is 1. The smallest absolute Gasteiger partial charge is 0.304 e. The number of rotatable bonds is 11. The van der Waals surface area contributed by atoms with Crippen molar-refractivity contribution in [3.8, 4) is 11.8 Å². The van der Waals surface area contributed by atoms with Gasteiger partial charge in [-0.05, 0) is 30.6 Å². The van der Waals surface area contributed by atoms with Crippen molar-refractivity contribution in [1.82, 2.24) is 4.98 Å². The predicted molar refractivity (Wildman–Crippen MR) is 101 cm³/mol. The summed E-state index contributed by atoms with van der Waals surface area (Å²) in [5, 5.41) is 18.6. The lowest BCUT2D eigenvalue weighted by molar-refractivity contribution is -0.136. The molecule has 0 aromatic carbocycles. The van der Waals surface area contributed by atoms with Gasteiger partial charge in [-0.25, -0.2) is 4.98 Å². The molecule has 0 radical (unpaired) electrons. The van der Waals surface area contributed by atoms with E-state index in [4.69, 9.17) is 5.11 Å². The highest BCUT2D eigenvalue weighted by Crippen LogP contribution is 2.10. The Morgan fingerprint density at radius 2 is 2.00 bits per heavy atom. The van der Waals surface area contributed by atoms with E-state index in [1.54, 1.807) is 12.1 Å². The van der Waals surface area contributed by atoms with E-state index in [1.807, 2.05) is 18.2 Å². The number of aromatic nitrogens is 1. The van der Waals surface area contributed by atoms with Gasteiger partial charge in [0.05, 0.1) is 18.2 Å². The highest BCUT2D eigenvalue weighted by atomic mass is 16.4. The molecule has 1 heterocycles. The number of carbonyl (C=O) groups is 1. The summed E-state index contributed by atoms with van der Waals surface area (Å²) < 4.78 is 0. The van der Waals surface area contributed by atoms with Gasteiger partial charge in [-0.3, -0.25) is 4.79 Å². The molecule has 4 nitrogen and oxygen atoms in total. The number of unbranched alkanes of at least 4 members (excludes halogenated alkanes) is 5. The summed E-state index contributed by atoms with van der Waals surface area (Å²) in [6, 6.07) is 5.50. The Morgan fingerprint density at radius 1 is 1.24 bits per heavy atom. The van der Waals surface area contributed by atoms with E-state index < -0.39 is 12.1 Å². The third-order valence-electron chi connectivity index (χ3n) is 3.79. The molecule has 0 aliphatic rings. The number of aliphatic hydroxyl groups is 1. The summed E-state index contributed by atoms with van der Waals surface area (Å²) in [6.07, 6.45) is 11.6. The lowest BCUT2D eigenvalue weighted by atomic mass is 10.1. The molecule has 4 heteroatoms. The van der Waals surface area contributed by atoms with Gasteiger partial charge < -0.3 is 10.2 Å². The lowest BCUT2D eigenvalue weighted by Crippen LogP contribution is -2.01. The maximum atomic E-state index is 10.4. The Balaban J connectivity index is 2.38. The van der Waals surface area contributed by atoms with Crippen LogP contribution in [0.4, 0.5) is 0 Å². The highest BCUT2D eigenvalue weighted by Gasteiger charge is 2.00. The molecule has 0 bridgehead atoms. The van der Waals surface area contributed by atoms with Crippen molar-refractivity contribution in [1.29, 1.82) is 0 Å². The Bertz CT molecular complexity index is 599. The third kappa shape index (κ3) is 11.1. The number of pyridine rings is 1. The van der Waals surface area contributed by atoms with Crippen molar-refractivity contribution in [3.63, 3.8) is 0 Å². The molecule has 0 saturated heterocycles. The first-order valence-corrected chi connectivity index (χ1v) is 9.15. The topological polar surface area (TPSA) is 70.4 Å². The number of hydrogen-bond acceptors (Lipinski definition) is 3. The molecule has 25 heavy (non-hydrogen) atoms. The number of aliphatic hydroxyl groups excluding tert-OH is 1. The Morgan fingerprint density at radius 3 is 2.76 bits per heavy atom. The minimum atomic E-state index is -0.849. The Labute approximate surface area is 151 Å². The van der Waals surface area contributed by atoms with Crippen LogP contribution >= 0.6 is 0 Å². The second-order valence-electron chi connectivity index (χ2n) is 6.13. The second-order valence-corrected chi connectivity index (χ2v) is 6.13. The van der Waals surface area contributed by atoms with Crippen molar-refractivity contribution in [2.75, 3.05) is 0 Å². The summed E-state index contributed by atoms with van der Waals surface area (Å²) in [5.41, 5.74) is 1.35. The zero-order valence-corrected chi connectivity index (χ0v) is 15.1. The van der Waals surface area contributed by atoms with Crippen LogP contribution in [-0.4, -0.2) is 27.3 Å². The minimum absolute atomic E-state index is 0.0389. The standard InChI is InChI=1S/C21H29NO3/c1-2-3-4-5-6-7-14-20(23)17-16-19-13-10-12-18(22-19)11-8-9-15-21(24)25/h10,12-13,16-17,20,23H,2-7,9,14-15H2,1H3,(H,24,25). The van der Waals surface area contributed by atoms with Crippen molar-refractivity contribution < 1.29 is 15.0 Å². The molecule has 1 rings (SSSR count). The third-order valence-corrected chi connectivity index (χ3v) is 3.79. The van der Waals surface area contributed by atoms with Crippen molar-refractivity contribution in [2.24, 2.45) is 0 Å². The molecule has 0 aliphatic carbocycles. The van der Waals surface area contributed by atoms with Gasteiger partial charge in [-0.2, -0.15) is 0 Å². The lowest BCUT2D eigenvalue weighted by Gasteiger charge is -2.05. The van der Waals surface area contributed by atoms with Gasteiger partial charge in [0.25, 0.3) is 0 Å². The molecule has 0 saturated carbocycles. The molecule has 1 aromatic heterocycles. The zero-order valence-electron chi connectivity index (χ0n) is 15.1. The molecule has 0 spiro atoms. The normalized spacial score (nSPS) is 11.9. The number of aliphatic carboxylic acids is 1. The fourth-order valence-corrected chi connectivity index (χ4v) is 2.38. The van der Waals surface area contributed by atoms with E-state index in [1.165, 1.54) is 32.1 Å². The quantitative estimate of drug-likeness (QED) is 0.461. The number of hydrogen-bond donors (Lipinski definition) is 2. The summed E-state index contributed by atoms with van der Waals surface area (Å²) in [5.74, 6) is 4.82. The van der Waals surface area contributed by atoms with E-state index in [9.17, 15) is 9.90 Å². The summed E-state index contributed by atoms with van der Waals surface area (Å²) in [4.78, 5) is 14.8. The maximum absolute atomic E-state index is 10.4. The molecule has 0 aliphatic heterocycles. The monoisotopic (exact) mass is 343 g/mol. The molecule has 0 fully saturated rings. The summed E-state index contributed by atoms with van der Waals surface area (Å²) >= 11 is 0. The van der Waals surface area contributed by atoms with E-state index >= 15 is 0 Å². The molecular formula is C21H29NO3. The first kappa shape index (κ1) is 20.9. The minimum Gasteiger partial charge on any atom is -0.481 e. The zero-order chi connectivity index (χ0) is 18.3. The first-order valence-electron chi connectivity index (χ1n) is 9.15. The fourth-order valence-electron chi connectivity index (χ4n) is 2.38. The van der Waals surface area contributed by atoms with Crippen molar-refractivity contribution in [2.45, 2.75) is 70.8 Å². The Kier molecular flexibility index (Phi) is 11.0. The van der Waals surface area contributed by atoms with E-state index in [0.29, 0.717) is 12.1 Å². The fraction of sp³-hybridized carbons (Fsp3) is 0.524. The van der Waals surface area contributed by atoms with Crippen LogP contribution < -0.4 is 0 Å². The average molecular weight is 343 g/mol. The molecule has 136 valence electrons. The molecular weight excluding hydrogens is 314 g/mol. The van der Waals surface area contributed by atoms with Gasteiger partial charge in [-0.15, -0.1) is 0 Å². The average Bonchev–Trinajstić information content (AvgIpc) is 2.60. The van der Waals surface area contributed by atoms with Crippen LogP contribution in [0, 0.1) is 11.8 Å². The molecule has 1 unspecified atom stereocenters. The van der Waals surface area contributed by atoms with Crippen LogP contribution in [-0.2, 0) is 4.79 Å². The number of carboxylic acids is 1. The van der Waals surface area contributed by atoms with Gasteiger partial charge >= 0.3 is 5.97 Å². The van der Waals surface area contributed by atoms with Crippen molar-refractivity contribution in [3.05, 3.63) is 35.7 Å². The molecule has 2 N–H and O–H groups in total. The van der Waals surface area contributed by atoms with Crippen LogP contribution in [0.2, 0.25) is 0 Å². The van der Waals surface area contributed by atoms with Crippen LogP contribution in [0.15, 0.2) is 24.3 Å². The summed E-state index contributed by atoms with van der Waals surface area (Å²) in [7, 11) is 0. The van der Waals surface area contributed by atoms with Crippen LogP contribution in [0.3, 0.4) is 0 Å². The first-order chi connectivity index (χ1) is 12.1. The van der Waals surface area contributed by atoms with Gasteiger partial charge in [0, 0.05) is 6.42 Å². The number of carboxylic acid groups (broad SMARTS) is 1. The Hall–Kier alpha value is -2.12. The van der Waals surface area contributed by atoms with Crippen LogP contribution in [0.1, 0.15) is 76.1 Å². The van der Waals surface area contributed by atoms with Gasteiger partial charge in [0.15, 0.2) is 0 Å². The van der Waals surface area contributed by atoms with E-state index in [0.717, 1.165) is 18.5 Å². The second kappa shape index (κ2) is 13.2. The van der Waals surface area contributed by atoms with Crippen LogP contribution in [0.5, 0.6) is 0 Å². The van der Waals surface area contributed by atoms with Gasteiger partial charge in [-0.1, -0.05) is 63.5 Å². The van der Waals surface area contributed by atoms with Gasteiger partial charge in [0.1, 0.15) is 5.69 Å². The molecule has 0 amide bonds. The molecule has 1 aromatic rings. The maximum Gasteiger partial charge on any atom is 0.304 e. The predicted octanol–water partition coefficient (Wildman–Crippen LogP) is 4.42. The van der Waals surface area contributed by atoms with Gasteiger partial charge in [0.2, 0.25) is 0 Å². The highest BCUT2D eigenvalue weighted by molar-refractivity contribution is 5.67.